The molecule has 5 nitrogen and oxygen atoms in total. The lowest BCUT2D eigenvalue weighted by Gasteiger charge is -2.29. The van der Waals surface area contributed by atoms with Crippen molar-refractivity contribution in [2.45, 2.75) is 20.2 Å². The third kappa shape index (κ3) is 2.47. The molecule has 0 aromatic heterocycles. The molecule has 16 heavy (non-hydrogen) atoms. The van der Waals surface area contributed by atoms with Crippen LogP contribution in [0.15, 0.2) is 26.5 Å². The maximum absolute atomic E-state index is 5.16. The van der Waals surface area contributed by atoms with Crippen LogP contribution in [0.2, 0.25) is 0 Å². The van der Waals surface area contributed by atoms with Gasteiger partial charge in [-0.1, -0.05) is 0 Å². The first-order valence-electron chi connectivity index (χ1n) is 4.39. The van der Waals surface area contributed by atoms with E-state index in [-0.39, 0.29) is 0 Å². The van der Waals surface area contributed by atoms with E-state index in [1.165, 1.54) is 12.1 Å². The van der Waals surface area contributed by atoms with Gasteiger partial charge in [-0.05, 0) is 38.3 Å². The molecule has 7 heteroatoms. The predicted molar refractivity (Wildman–Crippen MR) is 68.5 cm³/mol. The highest BCUT2D eigenvalue weighted by Crippen LogP contribution is 2.23. The molecule has 0 aromatic rings. The number of hydrazone groups is 1. The molecular formula is C9H10N4OS2. The van der Waals surface area contributed by atoms with Crippen molar-refractivity contribution in [1.82, 2.24) is 5.01 Å². The summed E-state index contributed by atoms with van der Waals surface area (Å²) in [7, 11) is 1.54. The molecule has 0 N–H and O–H groups in total. The van der Waals surface area contributed by atoms with Gasteiger partial charge >= 0.3 is 0 Å². The Morgan fingerprint density at radius 3 is 2.56 bits per heavy atom. The number of rotatable bonds is 3. The number of thiocarbonyl (C=S) groups is 2. The average molecular weight is 254 g/mol. The van der Waals surface area contributed by atoms with Crippen LogP contribution in [0.1, 0.15) is 13.8 Å². The van der Waals surface area contributed by atoms with Gasteiger partial charge in [0.2, 0.25) is 6.35 Å². The first-order valence-corrected chi connectivity index (χ1v) is 5.20. The zero-order valence-electron chi connectivity index (χ0n) is 9.09. The molecule has 1 atom stereocenters. The Labute approximate surface area is 104 Å². The van der Waals surface area contributed by atoms with Crippen LogP contribution in [0.5, 0.6) is 0 Å². The van der Waals surface area contributed by atoms with Crippen LogP contribution < -0.4 is 0 Å². The van der Waals surface area contributed by atoms with Crippen molar-refractivity contribution in [3.63, 3.8) is 0 Å². The second-order valence-corrected chi connectivity index (χ2v) is 3.31. The standard InChI is InChI=1S/C9H10N4OS2/c1-6-8(10-4-15)7(2)13(11-5-16)9(12-6)14-3/h9H,1-3H3. The topological polar surface area (TPSA) is 49.6 Å². The highest BCUT2D eigenvalue weighted by molar-refractivity contribution is 7.78. The van der Waals surface area contributed by atoms with Crippen LogP contribution in [0, 0.1) is 0 Å². The van der Waals surface area contributed by atoms with Crippen molar-refractivity contribution in [3.8, 4) is 0 Å². The maximum atomic E-state index is 5.16. The van der Waals surface area contributed by atoms with E-state index in [1.54, 1.807) is 0 Å². The molecule has 0 saturated heterocycles. The Balaban J connectivity index is 3.27. The van der Waals surface area contributed by atoms with Gasteiger partial charge in [-0.3, -0.25) is 0 Å². The van der Waals surface area contributed by atoms with Gasteiger partial charge in [0.1, 0.15) is 5.70 Å². The number of hydrogen-bond acceptors (Lipinski definition) is 7. The van der Waals surface area contributed by atoms with Gasteiger partial charge < -0.3 is 4.74 Å². The fourth-order valence-corrected chi connectivity index (χ4v) is 1.53. The zero-order valence-corrected chi connectivity index (χ0v) is 10.7. The van der Waals surface area contributed by atoms with E-state index in [2.05, 4.69) is 49.8 Å². The number of hydrogen-bond donors (Lipinski definition) is 0. The van der Waals surface area contributed by atoms with Crippen molar-refractivity contribution in [3.05, 3.63) is 11.4 Å². The fraction of sp³-hybridized carbons (Fsp3) is 0.444. The molecule has 0 aliphatic carbocycles. The van der Waals surface area contributed by atoms with Crippen molar-refractivity contribution in [1.29, 1.82) is 0 Å². The summed E-state index contributed by atoms with van der Waals surface area (Å²) in [5.74, 6) is 0. The first kappa shape index (κ1) is 12.8. The number of aliphatic imine (C=N–C) groups is 2. The van der Waals surface area contributed by atoms with Gasteiger partial charge in [0.05, 0.1) is 21.7 Å². The Morgan fingerprint density at radius 1 is 1.38 bits per heavy atom. The normalized spacial score (nSPS) is 19.8. The molecule has 0 fully saturated rings. The highest BCUT2D eigenvalue weighted by atomic mass is 32.1. The lowest BCUT2D eigenvalue weighted by molar-refractivity contribution is -0.00635. The van der Waals surface area contributed by atoms with Gasteiger partial charge in [-0.15, -0.1) is 5.10 Å². The second-order valence-electron chi connectivity index (χ2n) is 2.95. The minimum atomic E-state index is -0.542. The third-order valence-corrected chi connectivity index (χ3v) is 2.23. The van der Waals surface area contributed by atoms with Crippen molar-refractivity contribution in [2.24, 2.45) is 15.1 Å². The summed E-state index contributed by atoms with van der Waals surface area (Å²) in [6, 6.07) is 0. The minimum absolute atomic E-state index is 0.542. The first-order chi connectivity index (χ1) is 7.65. The summed E-state index contributed by atoms with van der Waals surface area (Å²) >= 11 is 9.15. The molecule has 0 radical (unpaired) electrons. The van der Waals surface area contributed by atoms with E-state index in [0.717, 1.165) is 11.4 Å². The van der Waals surface area contributed by atoms with E-state index in [9.17, 15) is 0 Å². The van der Waals surface area contributed by atoms with Gasteiger partial charge in [0.25, 0.3) is 0 Å². The summed E-state index contributed by atoms with van der Waals surface area (Å²) in [5, 5.41) is 9.94. The van der Waals surface area contributed by atoms with Gasteiger partial charge in [0, 0.05) is 7.11 Å². The van der Waals surface area contributed by atoms with Crippen molar-refractivity contribution < 1.29 is 4.74 Å². The van der Waals surface area contributed by atoms with Gasteiger partial charge in [0.15, 0.2) is 0 Å². The molecule has 0 spiro atoms. The summed E-state index contributed by atoms with van der Waals surface area (Å²) < 4.78 is 5.16. The lowest BCUT2D eigenvalue weighted by Crippen LogP contribution is -2.34. The zero-order chi connectivity index (χ0) is 12.1. The molecule has 0 aromatic carbocycles. The van der Waals surface area contributed by atoms with Crippen LogP contribution in [0.4, 0.5) is 0 Å². The van der Waals surface area contributed by atoms with Crippen LogP contribution in [-0.4, -0.2) is 34.5 Å². The van der Waals surface area contributed by atoms with E-state index >= 15 is 0 Å². The summed E-state index contributed by atoms with van der Waals surface area (Å²) in [5.41, 5.74) is 2.09. The smallest absolute Gasteiger partial charge is 0.248 e. The second kappa shape index (κ2) is 5.75. The monoisotopic (exact) mass is 254 g/mol. The van der Waals surface area contributed by atoms with Crippen molar-refractivity contribution >= 4 is 40.5 Å². The van der Waals surface area contributed by atoms with Gasteiger partial charge in [-0.2, -0.15) is 4.99 Å². The molecule has 1 rings (SSSR count). The third-order valence-electron chi connectivity index (χ3n) is 2.06. The van der Waals surface area contributed by atoms with E-state index in [0.29, 0.717) is 5.70 Å². The highest BCUT2D eigenvalue weighted by Gasteiger charge is 2.25. The van der Waals surface area contributed by atoms with Crippen molar-refractivity contribution in [2.75, 3.05) is 7.11 Å². The van der Waals surface area contributed by atoms with Crippen LogP contribution in [0.3, 0.4) is 0 Å². The van der Waals surface area contributed by atoms with E-state index < -0.39 is 6.35 Å². The average Bonchev–Trinajstić information content (AvgIpc) is 2.28. The van der Waals surface area contributed by atoms with Crippen LogP contribution in [-0.2, 0) is 4.74 Å². The van der Waals surface area contributed by atoms with E-state index in [4.69, 9.17) is 4.74 Å². The molecule has 1 aliphatic heterocycles. The maximum Gasteiger partial charge on any atom is 0.248 e. The number of ether oxygens (including phenoxy) is 1. The molecule has 84 valence electrons. The SMILES string of the molecule is COC1N=C(C)C(N=C=S)=C(C)N1N=C=S. The molecule has 1 unspecified atom stereocenters. The number of nitrogens with zero attached hydrogens (tertiary/aromatic N) is 4. The molecule has 0 bridgehead atoms. The largest absolute Gasteiger partial charge is 0.341 e. The predicted octanol–water partition coefficient (Wildman–Crippen LogP) is 2.04. The summed E-state index contributed by atoms with van der Waals surface area (Å²) in [4.78, 5) is 8.20. The quantitative estimate of drug-likeness (QED) is 0.571. The minimum Gasteiger partial charge on any atom is -0.341 e. The molecule has 0 saturated carbocycles. The Kier molecular flexibility index (Phi) is 4.61. The molecule has 1 heterocycles. The Hall–Kier alpha value is -1.23. The van der Waals surface area contributed by atoms with Crippen LogP contribution >= 0.6 is 24.4 Å². The Bertz CT molecular complexity index is 444. The van der Waals surface area contributed by atoms with Crippen LogP contribution in [0.25, 0.3) is 0 Å². The number of methoxy groups -OCH3 is 1. The Morgan fingerprint density at radius 2 is 2.06 bits per heavy atom. The number of isothiocyanates is 2. The summed E-state index contributed by atoms with van der Waals surface area (Å²) in [6.45, 7) is 3.64. The van der Waals surface area contributed by atoms with E-state index in [1.807, 2.05) is 13.8 Å². The fourth-order valence-electron chi connectivity index (χ4n) is 1.35. The molecule has 1 aliphatic rings. The molecule has 0 amide bonds. The lowest BCUT2D eigenvalue weighted by atomic mass is 10.2. The van der Waals surface area contributed by atoms with Gasteiger partial charge in [-0.25, -0.2) is 10.0 Å². The summed E-state index contributed by atoms with van der Waals surface area (Å²) in [6.07, 6.45) is -0.542. The number of allylic oxidation sites excluding steroid dienone is 2. The molecular weight excluding hydrogens is 244 g/mol.